The van der Waals surface area contributed by atoms with Crippen molar-refractivity contribution in [1.29, 1.82) is 0 Å². The van der Waals surface area contributed by atoms with Crippen LogP contribution in [0.25, 0.3) is 0 Å². The highest BCUT2D eigenvalue weighted by Crippen LogP contribution is 2.20. The van der Waals surface area contributed by atoms with E-state index < -0.39 is 7.12 Å². The molecule has 2 N–H and O–H groups in total. The van der Waals surface area contributed by atoms with Crippen LogP contribution in [-0.2, 0) is 6.61 Å². The molecular formula is C15H17BO5. The Kier molecular flexibility index (Phi) is 5.08. The highest BCUT2D eigenvalue weighted by molar-refractivity contribution is 6.59. The van der Waals surface area contributed by atoms with Crippen molar-refractivity contribution in [2.75, 3.05) is 14.2 Å². The molecule has 0 spiro atoms. The molecule has 0 aromatic heterocycles. The first-order chi connectivity index (χ1) is 10.1. The third-order valence-corrected chi connectivity index (χ3v) is 3.02. The molecule has 110 valence electrons. The fourth-order valence-electron chi connectivity index (χ4n) is 1.93. The Morgan fingerprint density at radius 1 is 0.952 bits per heavy atom. The first kappa shape index (κ1) is 15.2. The van der Waals surface area contributed by atoms with Crippen molar-refractivity contribution in [3.8, 4) is 17.2 Å². The van der Waals surface area contributed by atoms with Crippen LogP contribution in [0.4, 0.5) is 0 Å². The predicted octanol–water partition coefficient (Wildman–Crippen LogP) is 0.963. The smallest absolute Gasteiger partial charge is 0.492 e. The molecular weight excluding hydrogens is 271 g/mol. The SMILES string of the molecule is COc1cccc(OCc2ccc(OC)c(B(O)O)c2)c1. The highest BCUT2D eigenvalue weighted by Gasteiger charge is 2.17. The Bertz CT molecular complexity index is 600. The van der Waals surface area contributed by atoms with Crippen LogP contribution in [0.15, 0.2) is 42.5 Å². The molecule has 0 atom stereocenters. The summed E-state index contributed by atoms with van der Waals surface area (Å²) in [6.45, 7) is 0.302. The van der Waals surface area contributed by atoms with Gasteiger partial charge in [0.25, 0.3) is 0 Å². The van der Waals surface area contributed by atoms with Gasteiger partial charge in [0.2, 0.25) is 0 Å². The first-order valence-corrected chi connectivity index (χ1v) is 6.44. The normalized spacial score (nSPS) is 10.1. The summed E-state index contributed by atoms with van der Waals surface area (Å²) >= 11 is 0. The quantitative estimate of drug-likeness (QED) is 0.775. The zero-order chi connectivity index (χ0) is 15.2. The Morgan fingerprint density at radius 3 is 2.38 bits per heavy atom. The van der Waals surface area contributed by atoms with Gasteiger partial charge >= 0.3 is 7.12 Å². The van der Waals surface area contributed by atoms with Crippen molar-refractivity contribution in [3.05, 3.63) is 48.0 Å². The summed E-state index contributed by atoms with van der Waals surface area (Å²) in [7, 11) is 1.49. The third kappa shape index (κ3) is 3.90. The summed E-state index contributed by atoms with van der Waals surface area (Å²) in [6.07, 6.45) is 0. The van der Waals surface area contributed by atoms with Crippen molar-refractivity contribution < 1.29 is 24.3 Å². The highest BCUT2D eigenvalue weighted by atomic mass is 16.5. The minimum Gasteiger partial charge on any atom is -0.497 e. The van der Waals surface area contributed by atoms with Crippen molar-refractivity contribution in [1.82, 2.24) is 0 Å². The van der Waals surface area contributed by atoms with Gasteiger partial charge < -0.3 is 24.3 Å². The van der Waals surface area contributed by atoms with E-state index in [2.05, 4.69) is 0 Å². The molecule has 2 rings (SSSR count). The second kappa shape index (κ2) is 7.01. The van der Waals surface area contributed by atoms with Gasteiger partial charge in [-0.1, -0.05) is 18.2 Å². The maximum absolute atomic E-state index is 9.33. The number of rotatable bonds is 6. The van der Waals surface area contributed by atoms with Crippen LogP contribution in [0.3, 0.4) is 0 Å². The van der Waals surface area contributed by atoms with Gasteiger partial charge in [-0.2, -0.15) is 0 Å². The van der Waals surface area contributed by atoms with Crippen LogP contribution >= 0.6 is 0 Å². The van der Waals surface area contributed by atoms with Crippen molar-refractivity contribution in [2.45, 2.75) is 6.61 Å². The van der Waals surface area contributed by atoms with Gasteiger partial charge in [0.05, 0.1) is 14.2 Å². The summed E-state index contributed by atoms with van der Waals surface area (Å²) in [6, 6.07) is 12.4. The van der Waals surface area contributed by atoms with Gasteiger partial charge in [-0.3, -0.25) is 0 Å². The topological polar surface area (TPSA) is 68.2 Å². The third-order valence-electron chi connectivity index (χ3n) is 3.02. The van der Waals surface area contributed by atoms with E-state index in [1.165, 1.54) is 7.11 Å². The van der Waals surface area contributed by atoms with Gasteiger partial charge in [-0.15, -0.1) is 0 Å². The summed E-state index contributed by atoms with van der Waals surface area (Å²) in [5, 5.41) is 18.7. The van der Waals surface area contributed by atoms with E-state index in [-0.39, 0.29) is 0 Å². The molecule has 0 amide bonds. The number of hydrogen-bond acceptors (Lipinski definition) is 5. The maximum Gasteiger partial charge on any atom is 0.492 e. The molecule has 0 fully saturated rings. The zero-order valence-electron chi connectivity index (χ0n) is 11.9. The molecule has 2 aromatic rings. The van der Waals surface area contributed by atoms with Crippen molar-refractivity contribution >= 4 is 12.6 Å². The van der Waals surface area contributed by atoms with Crippen LogP contribution < -0.4 is 19.7 Å². The van der Waals surface area contributed by atoms with E-state index >= 15 is 0 Å². The molecule has 2 aromatic carbocycles. The zero-order valence-corrected chi connectivity index (χ0v) is 11.9. The Morgan fingerprint density at radius 2 is 1.71 bits per heavy atom. The molecule has 0 unspecified atom stereocenters. The van der Waals surface area contributed by atoms with Gasteiger partial charge in [-0.25, -0.2) is 0 Å². The van der Waals surface area contributed by atoms with Gasteiger partial charge in [0, 0.05) is 11.5 Å². The van der Waals surface area contributed by atoms with Crippen molar-refractivity contribution in [2.24, 2.45) is 0 Å². The van der Waals surface area contributed by atoms with Crippen molar-refractivity contribution in [3.63, 3.8) is 0 Å². The van der Waals surface area contributed by atoms with Gasteiger partial charge in [0.1, 0.15) is 23.9 Å². The number of methoxy groups -OCH3 is 2. The van der Waals surface area contributed by atoms with Crippen LogP contribution in [0.2, 0.25) is 0 Å². The molecule has 0 aliphatic heterocycles. The summed E-state index contributed by atoms with van der Waals surface area (Å²) in [4.78, 5) is 0. The fourth-order valence-corrected chi connectivity index (χ4v) is 1.93. The minimum atomic E-state index is -1.59. The van der Waals surface area contributed by atoms with E-state index in [1.807, 2.05) is 24.3 Å². The van der Waals surface area contributed by atoms with E-state index in [1.54, 1.807) is 25.3 Å². The molecule has 0 bridgehead atoms. The standard InChI is InChI=1S/C15H17BO5/c1-19-12-4-3-5-13(9-12)21-10-11-6-7-15(20-2)14(8-11)16(17)18/h3-9,17-18H,10H2,1-2H3. The molecule has 0 aliphatic carbocycles. The van der Waals surface area contributed by atoms with E-state index in [9.17, 15) is 10.0 Å². The van der Waals surface area contributed by atoms with Crippen LogP contribution in [0, 0.1) is 0 Å². The number of ether oxygens (including phenoxy) is 3. The lowest BCUT2D eigenvalue weighted by Gasteiger charge is -2.11. The first-order valence-electron chi connectivity index (χ1n) is 6.44. The number of hydrogen-bond donors (Lipinski definition) is 2. The fraction of sp³-hybridized carbons (Fsp3) is 0.200. The molecule has 5 nitrogen and oxygen atoms in total. The Hall–Kier alpha value is -2.18. The average Bonchev–Trinajstić information content (AvgIpc) is 2.52. The average molecular weight is 288 g/mol. The number of benzene rings is 2. The molecule has 21 heavy (non-hydrogen) atoms. The molecule has 0 heterocycles. The molecule has 0 radical (unpaired) electrons. The van der Waals surface area contributed by atoms with Gasteiger partial charge in [0.15, 0.2) is 0 Å². The monoisotopic (exact) mass is 288 g/mol. The Balaban J connectivity index is 2.11. The second-order valence-corrected chi connectivity index (χ2v) is 4.42. The lowest BCUT2D eigenvalue weighted by molar-refractivity contribution is 0.303. The summed E-state index contributed by atoms with van der Waals surface area (Å²) in [5.74, 6) is 1.82. The molecule has 6 heteroatoms. The Labute approximate surface area is 123 Å². The summed E-state index contributed by atoms with van der Waals surface area (Å²) < 4.78 is 15.9. The molecule has 0 aliphatic rings. The van der Waals surface area contributed by atoms with E-state index in [4.69, 9.17) is 14.2 Å². The maximum atomic E-state index is 9.33. The van der Waals surface area contributed by atoms with Crippen LogP contribution in [0.1, 0.15) is 5.56 Å². The van der Waals surface area contributed by atoms with Crippen LogP contribution in [-0.4, -0.2) is 31.4 Å². The van der Waals surface area contributed by atoms with E-state index in [0.29, 0.717) is 29.3 Å². The summed E-state index contributed by atoms with van der Waals surface area (Å²) in [5.41, 5.74) is 1.12. The lowest BCUT2D eigenvalue weighted by atomic mass is 9.79. The predicted molar refractivity (Wildman–Crippen MR) is 80.1 cm³/mol. The molecule has 0 saturated heterocycles. The van der Waals surface area contributed by atoms with Crippen LogP contribution in [0.5, 0.6) is 17.2 Å². The minimum absolute atomic E-state index is 0.302. The second-order valence-electron chi connectivity index (χ2n) is 4.42. The lowest BCUT2D eigenvalue weighted by Crippen LogP contribution is -2.31. The largest absolute Gasteiger partial charge is 0.497 e. The molecule has 0 saturated carbocycles. The van der Waals surface area contributed by atoms with E-state index in [0.717, 1.165) is 5.56 Å². The van der Waals surface area contributed by atoms with Gasteiger partial charge in [-0.05, 0) is 23.8 Å².